The molecule has 1 atom stereocenters. The van der Waals surface area contributed by atoms with Crippen LogP contribution in [0.4, 0.5) is 10.5 Å². The Kier molecular flexibility index (Phi) is 4.90. The van der Waals surface area contributed by atoms with Crippen molar-refractivity contribution in [3.8, 4) is 0 Å². The molecule has 0 unspecified atom stereocenters. The molecule has 1 aliphatic rings. The molecule has 4 rings (SSSR count). The molecule has 2 aromatic heterocycles. The number of aromatic nitrogens is 3. The molecule has 2 amide bonds. The van der Waals surface area contributed by atoms with Gasteiger partial charge in [-0.05, 0) is 57.4 Å². The summed E-state index contributed by atoms with van der Waals surface area (Å²) < 4.78 is 7.16. The average molecular weight is 379 g/mol. The van der Waals surface area contributed by atoms with Gasteiger partial charge in [0.2, 0.25) is 0 Å². The van der Waals surface area contributed by atoms with E-state index in [4.69, 9.17) is 4.52 Å². The van der Waals surface area contributed by atoms with E-state index in [0.717, 1.165) is 53.5 Å². The van der Waals surface area contributed by atoms with Crippen molar-refractivity contribution >= 4 is 11.7 Å². The summed E-state index contributed by atoms with van der Waals surface area (Å²) in [4.78, 5) is 14.6. The second kappa shape index (κ2) is 7.50. The molecule has 146 valence electrons. The van der Waals surface area contributed by atoms with Gasteiger partial charge in [0.25, 0.3) is 0 Å². The molecule has 28 heavy (non-hydrogen) atoms. The summed E-state index contributed by atoms with van der Waals surface area (Å²) in [6, 6.07) is 11.8. The minimum atomic E-state index is -0.102. The number of anilines is 1. The van der Waals surface area contributed by atoms with Crippen molar-refractivity contribution in [2.24, 2.45) is 0 Å². The number of nitrogens with one attached hydrogen (secondary N) is 1. The fourth-order valence-electron chi connectivity index (χ4n) is 3.76. The molecule has 1 aliphatic heterocycles. The van der Waals surface area contributed by atoms with Crippen LogP contribution in [0.1, 0.15) is 47.3 Å². The van der Waals surface area contributed by atoms with Gasteiger partial charge >= 0.3 is 6.03 Å². The van der Waals surface area contributed by atoms with Gasteiger partial charge in [0.1, 0.15) is 11.5 Å². The van der Waals surface area contributed by atoms with Crippen molar-refractivity contribution in [3.05, 3.63) is 64.8 Å². The maximum absolute atomic E-state index is 12.8. The van der Waals surface area contributed by atoms with E-state index in [1.54, 1.807) is 0 Å². The van der Waals surface area contributed by atoms with E-state index in [2.05, 4.69) is 28.6 Å². The van der Waals surface area contributed by atoms with E-state index < -0.39 is 0 Å². The normalized spacial score (nSPS) is 16.5. The van der Waals surface area contributed by atoms with Crippen molar-refractivity contribution in [2.45, 2.75) is 46.2 Å². The highest BCUT2D eigenvalue weighted by Crippen LogP contribution is 2.32. The molecule has 3 aromatic rings. The molecular weight excluding hydrogens is 354 g/mol. The zero-order valence-electron chi connectivity index (χ0n) is 16.5. The second-order valence-electron chi connectivity index (χ2n) is 7.43. The lowest BCUT2D eigenvalue weighted by atomic mass is 10.1. The number of likely N-dealkylation sites (tertiary alicyclic amines) is 1. The minimum absolute atomic E-state index is 0.0252. The summed E-state index contributed by atoms with van der Waals surface area (Å²) in [5.41, 5.74) is 4.90. The van der Waals surface area contributed by atoms with Gasteiger partial charge in [-0.2, -0.15) is 5.10 Å². The molecule has 7 nitrogen and oxygen atoms in total. The Balaban J connectivity index is 1.41. The molecule has 1 saturated heterocycles. The minimum Gasteiger partial charge on any atom is -0.361 e. The number of aryl methyl sites for hydroxylation is 3. The van der Waals surface area contributed by atoms with Gasteiger partial charge < -0.3 is 14.7 Å². The van der Waals surface area contributed by atoms with Crippen LogP contribution in [0.2, 0.25) is 0 Å². The number of hydrogen-bond donors (Lipinski definition) is 1. The van der Waals surface area contributed by atoms with Crippen LogP contribution < -0.4 is 5.32 Å². The van der Waals surface area contributed by atoms with Crippen LogP contribution in [-0.2, 0) is 6.54 Å². The first-order valence-electron chi connectivity index (χ1n) is 9.60. The zero-order chi connectivity index (χ0) is 19.7. The highest BCUT2D eigenvalue weighted by Gasteiger charge is 2.32. The number of nitrogens with zero attached hydrogens (tertiary/aromatic N) is 4. The van der Waals surface area contributed by atoms with Crippen molar-refractivity contribution in [3.63, 3.8) is 0 Å². The summed E-state index contributed by atoms with van der Waals surface area (Å²) >= 11 is 0. The van der Waals surface area contributed by atoms with Crippen LogP contribution >= 0.6 is 0 Å². The van der Waals surface area contributed by atoms with Crippen LogP contribution in [0, 0.1) is 20.8 Å². The molecule has 1 fully saturated rings. The first-order chi connectivity index (χ1) is 13.5. The molecule has 0 saturated carbocycles. The van der Waals surface area contributed by atoms with E-state index in [1.807, 2.05) is 53.8 Å². The average Bonchev–Trinajstić information content (AvgIpc) is 3.37. The topological polar surface area (TPSA) is 76.2 Å². The van der Waals surface area contributed by atoms with Crippen LogP contribution in [0.5, 0.6) is 0 Å². The smallest absolute Gasteiger partial charge is 0.322 e. The lowest BCUT2D eigenvalue weighted by Crippen LogP contribution is -2.34. The lowest BCUT2D eigenvalue weighted by Gasteiger charge is -2.23. The molecule has 0 bridgehead atoms. The van der Waals surface area contributed by atoms with E-state index in [9.17, 15) is 4.79 Å². The molecule has 7 heteroatoms. The second-order valence-corrected chi connectivity index (χ2v) is 7.43. The largest absolute Gasteiger partial charge is 0.361 e. The zero-order valence-corrected chi connectivity index (χ0v) is 16.5. The standard InChI is InChI=1S/C21H25N5O2/c1-14-11-15(2)26(23-14)13-17-6-8-18(9-7-17)22-21(27)25-10-4-5-20(25)19-12-16(3)28-24-19/h6-9,11-12,20H,4-5,10,13H2,1-3H3,(H,22,27)/t20-/m0/s1. The Hall–Kier alpha value is -3.09. The van der Waals surface area contributed by atoms with Crippen molar-refractivity contribution in [1.82, 2.24) is 19.8 Å². The Bertz CT molecular complexity index is 973. The van der Waals surface area contributed by atoms with Crippen LogP contribution in [0.15, 0.2) is 40.9 Å². The molecule has 0 spiro atoms. The molecular formula is C21H25N5O2. The third-order valence-electron chi connectivity index (χ3n) is 5.14. The lowest BCUT2D eigenvalue weighted by molar-refractivity contribution is 0.204. The maximum Gasteiger partial charge on any atom is 0.322 e. The van der Waals surface area contributed by atoms with E-state index in [1.165, 1.54) is 0 Å². The van der Waals surface area contributed by atoms with Crippen LogP contribution in [0.25, 0.3) is 0 Å². The summed E-state index contributed by atoms with van der Waals surface area (Å²) in [6.45, 7) is 7.35. The fraction of sp³-hybridized carbons (Fsp3) is 0.381. The van der Waals surface area contributed by atoms with E-state index >= 15 is 0 Å². The predicted octanol–water partition coefficient (Wildman–Crippen LogP) is 4.21. The van der Waals surface area contributed by atoms with Crippen LogP contribution in [-0.4, -0.2) is 32.4 Å². The molecule has 1 N–H and O–H groups in total. The fourth-order valence-corrected chi connectivity index (χ4v) is 3.76. The number of amides is 2. The van der Waals surface area contributed by atoms with Crippen LogP contribution in [0.3, 0.4) is 0 Å². The number of hydrogen-bond acceptors (Lipinski definition) is 4. The Labute approximate surface area is 164 Å². The van der Waals surface area contributed by atoms with Gasteiger partial charge in [-0.15, -0.1) is 0 Å². The number of carbonyl (C=O) groups is 1. The van der Waals surface area contributed by atoms with Gasteiger partial charge in [0.05, 0.1) is 18.3 Å². The Morgan fingerprint density at radius 2 is 2.00 bits per heavy atom. The number of benzene rings is 1. The van der Waals surface area contributed by atoms with Crippen molar-refractivity contribution < 1.29 is 9.32 Å². The SMILES string of the molecule is Cc1cc(C)n(Cc2ccc(NC(=O)N3CCC[C@H]3c3cc(C)on3)cc2)n1. The Morgan fingerprint density at radius 1 is 1.21 bits per heavy atom. The first kappa shape index (κ1) is 18.3. The van der Waals surface area contributed by atoms with Gasteiger partial charge in [-0.1, -0.05) is 17.3 Å². The predicted molar refractivity (Wildman–Crippen MR) is 106 cm³/mol. The first-order valence-corrected chi connectivity index (χ1v) is 9.60. The summed E-state index contributed by atoms with van der Waals surface area (Å²) in [5.74, 6) is 0.764. The van der Waals surface area contributed by atoms with Gasteiger partial charge in [0, 0.05) is 24.0 Å². The summed E-state index contributed by atoms with van der Waals surface area (Å²) in [7, 11) is 0. The Morgan fingerprint density at radius 3 is 2.64 bits per heavy atom. The highest BCUT2D eigenvalue weighted by atomic mass is 16.5. The highest BCUT2D eigenvalue weighted by molar-refractivity contribution is 5.89. The molecule has 1 aromatic carbocycles. The molecule has 0 aliphatic carbocycles. The maximum atomic E-state index is 12.8. The van der Waals surface area contributed by atoms with Crippen molar-refractivity contribution in [2.75, 3.05) is 11.9 Å². The number of rotatable bonds is 4. The molecule has 3 heterocycles. The third kappa shape index (κ3) is 3.78. The van der Waals surface area contributed by atoms with Crippen molar-refractivity contribution in [1.29, 1.82) is 0 Å². The quantitative estimate of drug-likeness (QED) is 0.737. The number of urea groups is 1. The summed E-state index contributed by atoms with van der Waals surface area (Å²) in [6.07, 6.45) is 1.87. The monoisotopic (exact) mass is 379 g/mol. The summed E-state index contributed by atoms with van der Waals surface area (Å²) in [5, 5.41) is 11.6. The van der Waals surface area contributed by atoms with Gasteiger partial charge in [0.15, 0.2) is 0 Å². The van der Waals surface area contributed by atoms with E-state index in [-0.39, 0.29) is 12.1 Å². The van der Waals surface area contributed by atoms with E-state index in [0.29, 0.717) is 6.54 Å². The number of carbonyl (C=O) groups excluding carboxylic acids is 1. The molecule has 0 radical (unpaired) electrons. The third-order valence-corrected chi connectivity index (χ3v) is 5.14. The van der Waals surface area contributed by atoms with Gasteiger partial charge in [-0.3, -0.25) is 4.68 Å². The van der Waals surface area contributed by atoms with Gasteiger partial charge in [-0.25, -0.2) is 4.79 Å².